The average Bonchev–Trinajstić information content (AvgIpc) is 2.39. The van der Waals surface area contributed by atoms with Gasteiger partial charge in [0.15, 0.2) is 0 Å². The van der Waals surface area contributed by atoms with Crippen molar-refractivity contribution in [3.63, 3.8) is 0 Å². The fourth-order valence-corrected chi connectivity index (χ4v) is 1.80. The molecule has 0 heterocycles. The van der Waals surface area contributed by atoms with Crippen LogP contribution in [0.25, 0.3) is 0 Å². The first-order valence-corrected chi connectivity index (χ1v) is 5.73. The van der Waals surface area contributed by atoms with Crippen molar-refractivity contribution in [1.29, 1.82) is 0 Å². The molecule has 0 aliphatic rings. The number of aliphatic hydroxyl groups excluding tert-OH is 2. The van der Waals surface area contributed by atoms with Crippen molar-refractivity contribution in [2.24, 2.45) is 0 Å². The highest BCUT2D eigenvalue weighted by Gasteiger charge is 2.19. The van der Waals surface area contributed by atoms with Gasteiger partial charge in [0.05, 0.1) is 0 Å². The minimum Gasteiger partial charge on any atom is -0.385 e. The summed E-state index contributed by atoms with van der Waals surface area (Å²) >= 11 is 5.77. The molecular weight excluding hydrogens is 236 g/mol. The second-order valence-electron chi connectivity index (χ2n) is 3.85. The van der Waals surface area contributed by atoms with Crippen LogP contribution in [0, 0.1) is 0 Å². The summed E-state index contributed by atoms with van der Waals surface area (Å²) in [7, 11) is 0. The van der Waals surface area contributed by atoms with E-state index in [-0.39, 0.29) is 0 Å². The molecule has 17 heavy (non-hydrogen) atoms. The zero-order valence-corrected chi connectivity index (χ0v) is 9.88. The Labute approximate surface area is 105 Å². The van der Waals surface area contributed by atoms with Gasteiger partial charge in [0.1, 0.15) is 12.2 Å². The molecule has 0 saturated heterocycles. The molecule has 0 amide bonds. The molecule has 0 radical (unpaired) electrons. The molecule has 2 nitrogen and oxygen atoms in total. The molecule has 0 saturated carbocycles. The van der Waals surface area contributed by atoms with Crippen LogP contribution in [-0.4, -0.2) is 10.2 Å². The number of rotatable bonds is 3. The first-order valence-electron chi connectivity index (χ1n) is 5.35. The smallest absolute Gasteiger partial charge is 0.109 e. The maximum Gasteiger partial charge on any atom is 0.109 e. The third-order valence-corrected chi connectivity index (χ3v) is 2.90. The Bertz CT molecular complexity index is 467. The van der Waals surface area contributed by atoms with E-state index in [1.807, 2.05) is 18.2 Å². The zero-order chi connectivity index (χ0) is 12.3. The van der Waals surface area contributed by atoms with Gasteiger partial charge in [0.2, 0.25) is 0 Å². The van der Waals surface area contributed by atoms with Gasteiger partial charge in [0.25, 0.3) is 0 Å². The monoisotopic (exact) mass is 248 g/mol. The van der Waals surface area contributed by atoms with E-state index in [0.29, 0.717) is 16.1 Å². The SMILES string of the molecule is O[C@H](c1ccccc1)[C@H](O)c1ccc(Cl)cc1. The quantitative estimate of drug-likeness (QED) is 0.876. The number of hydrogen-bond acceptors (Lipinski definition) is 2. The van der Waals surface area contributed by atoms with Gasteiger partial charge in [-0.15, -0.1) is 0 Å². The lowest BCUT2D eigenvalue weighted by Gasteiger charge is -2.18. The maximum absolute atomic E-state index is 10.0. The van der Waals surface area contributed by atoms with E-state index < -0.39 is 12.2 Å². The van der Waals surface area contributed by atoms with Crippen LogP contribution in [0.3, 0.4) is 0 Å². The lowest BCUT2D eigenvalue weighted by molar-refractivity contribution is 0.0172. The van der Waals surface area contributed by atoms with Gasteiger partial charge in [-0.1, -0.05) is 54.1 Å². The third-order valence-electron chi connectivity index (χ3n) is 2.65. The first kappa shape index (κ1) is 12.1. The summed E-state index contributed by atoms with van der Waals surface area (Å²) in [5, 5.41) is 20.7. The molecule has 2 atom stereocenters. The van der Waals surface area contributed by atoms with E-state index in [2.05, 4.69) is 0 Å². The second-order valence-corrected chi connectivity index (χ2v) is 4.29. The Morgan fingerprint density at radius 2 is 1.18 bits per heavy atom. The van der Waals surface area contributed by atoms with Crippen LogP contribution in [0.1, 0.15) is 23.3 Å². The molecule has 3 heteroatoms. The molecule has 0 spiro atoms. The standard InChI is InChI=1S/C14H13ClO2/c15-12-8-6-11(7-9-12)14(17)13(16)10-4-2-1-3-5-10/h1-9,13-14,16-17H/t13-,14-/m1/s1. The molecule has 0 aromatic heterocycles. The van der Waals surface area contributed by atoms with Crippen LogP contribution in [-0.2, 0) is 0 Å². The molecule has 2 aromatic carbocycles. The molecule has 0 aliphatic heterocycles. The van der Waals surface area contributed by atoms with E-state index in [1.165, 1.54) is 0 Å². The second kappa shape index (κ2) is 5.32. The van der Waals surface area contributed by atoms with Crippen LogP contribution in [0.4, 0.5) is 0 Å². The topological polar surface area (TPSA) is 40.5 Å². The van der Waals surface area contributed by atoms with Crippen molar-refractivity contribution in [2.75, 3.05) is 0 Å². The van der Waals surface area contributed by atoms with Gasteiger partial charge >= 0.3 is 0 Å². The van der Waals surface area contributed by atoms with Crippen molar-refractivity contribution < 1.29 is 10.2 Å². The minimum absolute atomic E-state index is 0.607. The van der Waals surface area contributed by atoms with Gasteiger partial charge < -0.3 is 10.2 Å². The van der Waals surface area contributed by atoms with Gasteiger partial charge in [-0.2, -0.15) is 0 Å². The highest BCUT2D eigenvalue weighted by atomic mass is 35.5. The van der Waals surface area contributed by atoms with Crippen molar-refractivity contribution in [1.82, 2.24) is 0 Å². The van der Waals surface area contributed by atoms with E-state index in [1.54, 1.807) is 36.4 Å². The first-order chi connectivity index (χ1) is 8.18. The minimum atomic E-state index is -0.949. The van der Waals surface area contributed by atoms with Gasteiger partial charge in [-0.05, 0) is 23.3 Å². The molecule has 0 unspecified atom stereocenters. The summed E-state index contributed by atoms with van der Waals surface area (Å²) in [6.07, 6.45) is -1.88. The molecule has 2 N–H and O–H groups in total. The van der Waals surface area contributed by atoms with Gasteiger partial charge in [-0.3, -0.25) is 0 Å². The summed E-state index contributed by atoms with van der Waals surface area (Å²) in [5.74, 6) is 0. The summed E-state index contributed by atoms with van der Waals surface area (Å²) in [5.41, 5.74) is 1.33. The van der Waals surface area contributed by atoms with E-state index in [9.17, 15) is 10.2 Å². The Morgan fingerprint density at radius 3 is 1.71 bits per heavy atom. The summed E-state index contributed by atoms with van der Waals surface area (Å²) < 4.78 is 0. The normalized spacial score (nSPS) is 14.3. The summed E-state index contributed by atoms with van der Waals surface area (Å²) in [6.45, 7) is 0. The predicted octanol–water partition coefficient (Wildman–Crippen LogP) is 3.11. The van der Waals surface area contributed by atoms with Crippen LogP contribution < -0.4 is 0 Å². The molecule has 88 valence electrons. The lowest BCUT2D eigenvalue weighted by Crippen LogP contribution is -2.10. The Kier molecular flexibility index (Phi) is 3.79. The Morgan fingerprint density at radius 1 is 0.706 bits per heavy atom. The van der Waals surface area contributed by atoms with E-state index in [4.69, 9.17) is 11.6 Å². The molecule has 0 fully saturated rings. The highest BCUT2D eigenvalue weighted by molar-refractivity contribution is 6.30. The third kappa shape index (κ3) is 2.86. The van der Waals surface area contributed by atoms with Crippen LogP contribution in [0.15, 0.2) is 54.6 Å². The van der Waals surface area contributed by atoms with E-state index in [0.717, 1.165) is 0 Å². The lowest BCUT2D eigenvalue weighted by atomic mass is 9.98. The number of aliphatic hydroxyl groups is 2. The van der Waals surface area contributed by atoms with Crippen molar-refractivity contribution >= 4 is 11.6 Å². The fourth-order valence-electron chi connectivity index (χ4n) is 1.67. The zero-order valence-electron chi connectivity index (χ0n) is 9.12. The van der Waals surface area contributed by atoms with Crippen molar-refractivity contribution in [2.45, 2.75) is 12.2 Å². The molecule has 2 aromatic rings. The van der Waals surface area contributed by atoms with Crippen LogP contribution in [0.2, 0.25) is 5.02 Å². The van der Waals surface area contributed by atoms with E-state index >= 15 is 0 Å². The molecular formula is C14H13ClO2. The average molecular weight is 249 g/mol. The van der Waals surface area contributed by atoms with Crippen molar-refractivity contribution in [3.05, 3.63) is 70.7 Å². The molecule has 0 bridgehead atoms. The number of benzene rings is 2. The fraction of sp³-hybridized carbons (Fsp3) is 0.143. The predicted molar refractivity (Wildman–Crippen MR) is 67.8 cm³/mol. The molecule has 0 aliphatic carbocycles. The Balaban J connectivity index is 2.20. The Hall–Kier alpha value is -1.35. The van der Waals surface area contributed by atoms with Gasteiger partial charge in [0, 0.05) is 5.02 Å². The van der Waals surface area contributed by atoms with Crippen LogP contribution in [0.5, 0.6) is 0 Å². The van der Waals surface area contributed by atoms with Crippen LogP contribution >= 0.6 is 11.6 Å². The number of hydrogen-bond donors (Lipinski definition) is 2. The van der Waals surface area contributed by atoms with Gasteiger partial charge in [-0.25, -0.2) is 0 Å². The van der Waals surface area contributed by atoms with Crippen molar-refractivity contribution in [3.8, 4) is 0 Å². The highest BCUT2D eigenvalue weighted by Crippen LogP contribution is 2.28. The largest absolute Gasteiger partial charge is 0.385 e. The summed E-state index contributed by atoms with van der Waals surface area (Å²) in [6, 6.07) is 15.9. The summed E-state index contributed by atoms with van der Waals surface area (Å²) in [4.78, 5) is 0. The maximum atomic E-state index is 10.0. The molecule has 2 rings (SSSR count). The number of halogens is 1.